The molecule has 0 spiro atoms. The SMILES string of the molecule is C#CCCOc1c(CNCCC)cccc1OC. The molecular weight excluding hydrogens is 226 g/mol. The van der Waals surface area contributed by atoms with Crippen molar-refractivity contribution in [3.63, 3.8) is 0 Å². The third-order valence-electron chi connectivity index (χ3n) is 2.52. The van der Waals surface area contributed by atoms with E-state index < -0.39 is 0 Å². The molecule has 0 radical (unpaired) electrons. The fourth-order valence-corrected chi connectivity index (χ4v) is 1.64. The zero-order valence-electron chi connectivity index (χ0n) is 11.2. The molecule has 0 atom stereocenters. The van der Waals surface area contributed by atoms with Crippen LogP contribution in [-0.4, -0.2) is 20.3 Å². The molecule has 0 unspecified atom stereocenters. The Morgan fingerprint density at radius 1 is 1.39 bits per heavy atom. The zero-order valence-corrected chi connectivity index (χ0v) is 11.2. The summed E-state index contributed by atoms with van der Waals surface area (Å²) >= 11 is 0. The van der Waals surface area contributed by atoms with Gasteiger partial charge < -0.3 is 14.8 Å². The van der Waals surface area contributed by atoms with Crippen LogP contribution in [0.4, 0.5) is 0 Å². The van der Waals surface area contributed by atoms with Crippen molar-refractivity contribution in [3.05, 3.63) is 23.8 Å². The normalized spacial score (nSPS) is 9.83. The van der Waals surface area contributed by atoms with Crippen molar-refractivity contribution in [1.82, 2.24) is 5.32 Å². The minimum atomic E-state index is 0.512. The van der Waals surface area contributed by atoms with E-state index in [0.717, 1.165) is 36.6 Å². The first-order valence-corrected chi connectivity index (χ1v) is 6.26. The molecule has 0 saturated heterocycles. The van der Waals surface area contributed by atoms with Gasteiger partial charge in [-0.3, -0.25) is 0 Å². The molecule has 0 bridgehead atoms. The number of rotatable bonds is 8. The second-order valence-corrected chi connectivity index (χ2v) is 3.93. The van der Waals surface area contributed by atoms with Crippen molar-refractivity contribution in [2.24, 2.45) is 0 Å². The molecule has 0 aliphatic heterocycles. The second kappa shape index (κ2) is 8.43. The van der Waals surface area contributed by atoms with Gasteiger partial charge in [-0.25, -0.2) is 0 Å². The molecule has 98 valence electrons. The largest absolute Gasteiger partial charge is 0.493 e. The van der Waals surface area contributed by atoms with Gasteiger partial charge in [-0.1, -0.05) is 19.1 Å². The number of hydrogen-bond acceptors (Lipinski definition) is 3. The van der Waals surface area contributed by atoms with Crippen LogP contribution in [0.25, 0.3) is 0 Å². The molecule has 1 rings (SSSR count). The summed E-state index contributed by atoms with van der Waals surface area (Å²) in [5.41, 5.74) is 1.10. The monoisotopic (exact) mass is 247 g/mol. The average molecular weight is 247 g/mol. The Bertz CT molecular complexity index is 396. The van der Waals surface area contributed by atoms with Gasteiger partial charge >= 0.3 is 0 Å². The van der Waals surface area contributed by atoms with Crippen LogP contribution in [0.5, 0.6) is 11.5 Å². The molecule has 0 aliphatic rings. The van der Waals surface area contributed by atoms with E-state index in [-0.39, 0.29) is 0 Å². The molecule has 0 saturated carbocycles. The first-order chi connectivity index (χ1) is 8.83. The van der Waals surface area contributed by atoms with Crippen molar-refractivity contribution in [2.75, 3.05) is 20.3 Å². The molecule has 0 amide bonds. The van der Waals surface area contributed by atoms with Gasteiger partial charge in [0.05, 0.1) is 13.7 Å². The first kappa shape index (κ1) is 14.4. The van der Waals surface area contributed by atoms with E-state index in [2.05, 4.69) is 18.2 Å². The van der Waals surface area contributed by atoms with Gasteiger partial charge in [0.15, 0.2) is 11.5 Å². The lowest BCUT2D eigenvalue weighted by Crippen LogP contribution is -2.15. The molecule has 0 aliphatic carbocycles. The molecule has 18 heavy (non-hydrogen) atoms. The maximum absolute atomic E-state index is 5.72. The van der Waals surface area contributed by atoms with Crippen LogP contribution < -0.4 is 14.8 Å². The smallest absolute Gasteiger partial charge is 0.165 e. The van der Waals surface area contributed by atoms with Crippen LogP contribution in [0.2, 0.25) is 0 Å². The molecule has 3 nitrogen and oxygen atoms in total. The molecule has 1 aromatic carbocycles. The molecule has 0 aromatic heterocycles. The van der Waals surface area contributed by atoms with E-state index >= 15 is 0 Å². The van der Waals surface area contributed by atoms with E-state index in [1.807, 2.05) is 18.2 Å². The number of hydrogen-bond donors (Lipinski definition) is 1. The highest BCUT2D eigenvalue weighted by Gasteiger charge is 2.09. The summed E-state index contributed by atoms with van der Waals surface area (Å²) in [6.07, 6.45) is 6.93. The minimum Gasteiger partial charge on any atom is -0.493 e. The Balaban J connectivity index is 2.76. The van der Waals surface area contributed by atoms with Gasteiger partial charge in [-0.05, 0) is 19.0 Å². The van der Waals surface area contributed by atoms with Gasteiger partial charge in [-0.2, -0.15) is 0 Å². The fraction of sp³-hybridized carbons (Fsp3) is 0.467. The van der Waals surface area contributed by atoms with E-state index in [0.29, 0.717) is 13.0 Å². The number of ether oxygens (including phenoxy) is 2. The van der Waals surface area contributed by atoms with E-state index in [4.69, 9.17) is 15.9 Å². The number of benzene rings is 1. The lowest BCUT2D eigenvalue weighted by molar-refractivity contribution is 0.297. The Hall–Kier alpha value is -1.66. The maximum Gasteiger partial charge on any atom is 0.165 e. The molecule has 1 N–H and O–H groups in total. The van der Waals surface area contributed by atoms with Crippen molar-refractivity contribution in [3.8, 4) is 23.8 Å². The van der Waals surface area contributed by atoms with Gasteiger partial charge in [0.1, 0.15) is 0 Å². The lowest BCUT2D eigenvalue weighted by Gasteiger charge is -2.14. The van der Waals surface area contributed by atoms with E-state index in [9.17, 15) is 0 Å². The highest BCUT2D eigenvalue weighted by Crippen LogP contribution is 2.31. The molecule has 1 aromatic rings. The summed E-state index contributed by atoms with van der Waals surface area (Å²) in [5.74, 6) is 4.11. The highest BCUT2D eigenvalue weighted by atomic mass is 16.5. The minimum absolute atomic E-state index is 0.512. The predicted molar refractivity (Wildman–Crippen MR) is 73.9 cm³/mol. The van der Waals surface area contributed by atoms with Gasteiger partial charge in [0.2, 0.25) is 0 Å². The Labute approximate surface area is 109 Å². The van der Waals surface area contributed by atoms with Crippen molar-refractivity contribution in [2.45, 2.75) is 26.3 Å². The summed E-state index contributed by atoms with van der Waals surface area (Å²) < 4.78 is 11.0. The van der Waals surface area contributed by atoms with Gasteiger partial charge in [-0.15, -0.1) is 12.3 Å². The van der Waals surface area contributed by atoms with Crippen LogP contribution in [0.15, 0.2) is 18.2 Å². The Morgan fingerprint density at radius 3 is 2.89 bits per heavy atom. The summed E-state index contributed by atoms with van der Waals surface area (Å²) in [7, 11) is 1.65. The van der Waals surface area contributed by atoms with Crippen LogP contribution in [0.1, 0.15) is 25.3 Å². The maximum atomic E-state index is 5.72. The van der Waals surface area contributed by atoms with E-state index in [1.54, 1.807) is 7.11 Å². The van der Waals surface area contributed by atoms with Crippen LogP contribution >= 0.6 is 0 Å². The summed E-state index contributed by atoms with van der Waals surface area (Å²) in [6, 6.07) is 5.90. The molecule has 0 fully saturated rings. The summed E-state index contributed by atoms with van der Waals surface area (Å²) in [5, 5.41) is 3.36. The number of terminal acetylenes is 1. The molecular formula is C15H21NO2. The van der Waals surface area contributed by atoms with Crippen molar-refractivity contribution < 1.29 is 9.47 Å². The molecule has 0 heterocycles. The predicted octanol–water partition coefficient (Wildman–Crippen LogP) is 2.60. The fourth-order valence-electron chi connectivity index (χ4n) is 1.64. The van der Waals surface area contributed by atoms with Crippen LogP contribution in [-0.2, 0) is 6.54 Å². The molecule has 3 heteroatoms. The van der Waals surface area contributed by atoms with E-state index in [1.165, 1.54) is 0 Å². The zero-order chi connectivity index (χ0) is 13.2. The summed E-state index contributed by atoms with van der Waals surface area (Å²) in [6.45, 7) is 4.41. The van der Waals surface area contributed by atoms with Gasteiger partial charge in [0, 0.05) is 18.5 Å². The van der Waals surface area contributed by atoms with Crippen molar-refractivity contribution >= 4 is 0 Å². The highest BCUT2D eigenvalue weighted by molar-refractivity contribution is 5.46. The van der Waals surface area contributed by atoms with Gasteiger partial charge in [0.25, 0.3) is 0 Å². The van der Waals surface area contributed by atoms with Crippen LogP contribution in [0.3, 0.4) is 0 Å². The Morgan fingerprint density at radius 2 is 2.22 bits per heavy atom. The second-order valence-electron chi connectivity index (χ2n) is 3.93. The summed E-state index contributed by atoms with van der Waals surface area (Å²) in [4.78, 5) is 0. The number of para-hydroxylation sites is 1. The standard InChI is InChI=1S/C15H21NO2/c1-4-6-11-18-15-13(12-16-10-5-2)8-7-9-14(15)17-3/h1,7-9,16H,5-6,10-12H2,2-3H3. The topological polar surface area (TPSA) is 30.5 Å². The Kier molecular flexibility index (Phi) is 6.75. The van der Waals surface area contributed by atoms with Crippen molar-refractivity contribution in [1.29, 1.82) is 0 Å². The average Bonchev–Trinajstić information content (AvgIpc) is 2.40. The third-order valence-corrected chi connectivity index (χ3v) is 2.52. The first-order valence-electron chi connectivity index (χ1n) is 6.26. The lowest BCUT2D eigenvalue weighted by atomic mass is 10.2. The van der Waals surface area contributed by atoms with Crippen LogP contribution in [0, 0.1) is 12.3 Å². The number of nitrogens with one attached hydrogen (secondary N) is 1. The number of methoxy groups -OCH3 is 1. The third kappa shape index (κ3) is 4.31. The quantitative estimate of drug-likeness (QED) is 0.566.